The van der Waals surface area contributed by atoms with Gasteiger partial charge < -0.3 is 0 Å². The minimum absolute atomic E-state index is 0.659. The van der Waals surface area contributed by atoms with E-state index in [4.69, 9.17) is 0 Å². The molecular formula is C21H32. The van der Waals surface area contributed by atoms with Crippen LogP contribution in [-0.2, 0) is 0 Å². The highest BCUT2D eigenvalue weighted by Gasteiger charge is 1.94. The maximum absolute atomic E-state index is 2.20. The van der Waals surface area contributed by atoms with Crippen molar-refractivity contribution in [3.63, 3.8) is 0 Å². The summed E-state index contributed by atoms with van der Waals surface area (Å²) in [4.78, 5) is 0. The third kappa shape index (κ3) is 9.90. The highest BCUT2D eigenvalue weighted by Crippen LogP contribution is 2.12. The van der Waals surface area contributed by atoms with Crippen molar-refractivity contribution < 1.29 is 0 Å². The second-order valence-corrected chi connectivity index (χ2v) is 5.84. The smallest absolute Gasteiger partial charge is 0.0219 e. The summed E-state index contributed by atoms with van der Waals surface area (Å²) in [7, 11) is 0. The third-order valence-electron chi connectivity index (χ3n) is 2.93. The molecule has 0 aromatic heterocycles. The standard InChI is InChI=1S/2C9H12.C3H8/c2*1-8(2)9-6-4-3-5-7-9;1-3-2/h2*3-8H,1-2H3;3H2,1-2H3. The zero-order valence-electron chi connectivity index (χ0n) is 14.6. The van der Waals surface area contributed by atoms with E-state index in [1.165, 1.54) is 17.5 Å². The summed E-state index contributed by atoms with van der Waals surface area (Å²) >= 11 is 0. The van der Waals surface area contributed by atoms with Crippen molar-refractivity contribution in [3.05, 3.63) is 71.8 Å². The zero-order chi connectivity index (χ0) is 16.1. The molecule has 0 saturated carbocycles. The van der Waals surface area contributed by atoms with Crippen molar-refractivity contribution in [1.82, 2.24) is 0 Å². The Labute approximate surface area is 132 Å². The third-order valence-corrected chi connectivity index (χ3v) is 2.93. The summed E-state index contributed by atoms with van der Waals surface area (Å²) in [5.74, 6) is 1.32. The molecule has 0 atom stereocenters. The van der Waals surface area contributed by atoms with Gasteiger partial charge in [0.2, 0.25) is 0 Å². The lowest BCUT2D eigenvalue weighted by molar-refractivity contribution is 0.867. The van der Waals surface area contributed by atoms with Gasteiger partial charge in [-0.2, -0.15) is 0 Å². The van der Waals surface area contributed by atoms with Crippen LogP contribution in [0.1, 0.15) is 70.9 Å². The Morgan fingerprint density at radius 2 is 0.810 bits per heavy atom. The van der Waals surface area contributed by atoms with Crippen LogP contribution in [0.15, 0.2) is 60.7 Å². The van der Waals surface area contributed by atoms with Crippen molar-refractivity contribution in [1.29, 1.82) is 0 Å². The van der Waals surface area contributed by atoms with Crippen molar-refractivity contribution in [2.75, 3.05) is 0 Å². The predicted octanol–water partition coefficient (Wildman–Crippen LogP) is 7.04. The molecule has 2 aromatic rings. The molecule has 2 rings (SSSR count). The Balaban J connectivity index is 0.000000322. The first-order chi connectivity index (χ1) is 10.0. The highest BCUT2D eigenvalue weighted by atomic mass is 14.0. The Kier molecular flexibility index (Phi) is 11.3. The van der Waals surface area contributed by atoms with Crippen molar-refractivity contribution in [3.8, 4) is 0 Å². The van der Waals surface area contributed by atoms with E-state index in [0.29, 0.717) is 11.8 Å². The largest absolute Gasteiger partial charge is 0.0656 e. The minimum atomic E-state index is 0.659. The van der Waals surface area contributed by atoms with E-state index < -0.39 is 0 Å². The average Bonchev–Trinajstić information content (AvgIpc) is 2.50. The number of benzene rings is 2. The molecule has 0 aliphatic heterocycles. The van der Waals surface area contributed by atoms with Crippen LogP contribution in [-0.4, -0.2) is 0 Å². The van der Waals surface area contributed by atoms with Gasteiger partial charge >= 0.3 is 0 Å². The molecular weight excluding hydrogens is 252 g/mol. The van der Waals surface area contributed by atoms with Gasteiger partial charge in [-0.25, -0.2) is 0 Å². The molecule has 0 heteroatoms. The molecule has 0 aliphatic rings. The molecule has 0 bridgehead atoms. The number of hydrogen-bond donors (Lipinski definition) is 0. The molecule has 0 nitrogen and oxygen atoms in total. The Bertz CT molecular complexity index is 383. The summed E-state index contributed by atoms with van der Waals surface area (Å²) in [6.45, 7) is 13.1. The van der Waals surface area contributed by atoms with Gasteiger partial charge in [0, 0.05) is 0 Å². The lowest BCUT2D eigenvalue weighted by Gasteiger charge is -2.01. The van der Waals surface area contributed by atoms with E-state index in [1.807, 2.05) is 12.1 Å². The molecule has 0 heterocycles. The summed E-state index contributed by atoms with van der Waals surface area (Å²) < 4.78 is 0. The van der Waals surface area contributed by atoms with Crippen LogP contribution in [0.2, 0.25) is 0 Å². The van der Waals surface area contributed by atoms with Crippen molar-refractivity contribution in [2.45, 2.75) is 59.8 Å². The van der Waals surface area contributed by atoms with Gasteiger partial charge in [-0.15, -0.1) is 0 Å². The molecule has 21 heavy (non-hydrogen) atoms. The lowest BCUT2D eigenvalue weighted by atomic mass is 10.0. The second kappa shape index (κ2) is 12.2. The fraction of sp³-hybridized carbons (Fsp3) is 0.429. The summed E-state index contributed by atoms with van der Waals surface area (Å²) in [5.41, 5.74) is 2.83. The van der Waals surface area contributed by atoms with Crippen molar-refractivity contribution in [2.24, 2.45) is 0 Å². The number of rotatable bonds is 2. The number of hydrogen-bond acceptors (Lipinski definition) is 0. The van der Waals surface area contributed by atoms with Crippen LogP contribution in [0, 0.1) is 0 Å². The quantitative estimate of drug-likeness (QED) is 0.555. The topological polar surface area (TPSA) is 0 Å². The Hall–Kier alpha value is -1.56. The average molecular weight is 284 g/mol. The van der Waals surface area contributed by atoms with Crippen LogP contribution >= 0.6 is 0 Å². The summed E-state index contributed by atoms with van der Waals surface area (Å²) in [6.07, 6.45) is 1.25. The van der Waals surface area contributed by atoms with E-state index >= 15 is 0 Å². The normalized spacial score (nSPS) is 9.52. The van der Waals surface area contributed by atoms with Crippen molar-refractivity contribution >= 4 is 0 Å². The van der Waals surface area contributed by atoms with Gasteiger partial charge in [0.05, 0.1) is 0 Å². The SMILES string of the molecule is CC(C)c1ccccc1.CC(C)c1ccccc1.CCC. The van der Waals surface area contributed by atoms with E-state index in [9.17, 15) is 0 Å². The first-order valence-corrected chi connectivity index (χ1v) is 8.12. The maximum atomic E-state index is 2.20. The van der Waals surface area contributed by atoms with Gasteiger partial charge in [0.15, 0.2) is 0 Å². The molecule has 0 unspecified atom stereocenters. The minimum Gasteiger partial charge on any atom is -0.0656 e. The maximum Gasteiger partial charge on any atom is -0.0219 e. The van der Waals surface area contributed by atoms with Gasteiger partial charge in [-0.3, -0.25) is 0 Å². The predicted molar refractivity (Wildman–Crippen MR) is 97.0 cm³/mol. The molecule has 0 aliphatic carbocycles. The van der Waals surface area contributed by atoms with Crippen LogP contribution < -0.4 is 0 Å². The van der Waals surface area contributed by atoms with Gasteiger partial charge in [0.25, 0.3) is 0 Å². The zero-order valence-corrected chi connectivity index (χ0v) is 14.6. The molecule has 0 amide bonds. The van der Waals surface area contributed by atoms with Crippen LogP contribution in [0.25, 0.3) is 0 Å². The van der Waals surface area contributed by atoms with E-state index in [2.05, 4.69) is 90.1 Å². The fourth-order valence-electron chi connectivity index (χ4n) is 1.68. The van der Waals surface area contributed by atoms with Gasteiger partial charge in [-0.1, -0.05) is 109 Å². The molecule has 0 fully saturated rings. The first-order valence-electron chi connectivity index (χ1n) is 8.12. The molecule has 0 radical (unpaired) electrons. The van der Waals surface area contributed by atoms with Gasteiger partial charge in [0.1, 0.15) is 0 Å². The molecule has 0 saturated heterocycles. The van der Waals surface area contributed by atoms with E-state index in [0.717, 1.165) is 0 Å². The Morgan fingerprint density at radius 3 is 0.952 bits per heavy atom. The molecule has 116 valence electrons. The van der Waals surface area contributed by atoms with E-state index in [1.54, 1.807) is 0 Å². The van der Waals surface area contributed by atoms with Crippen LogP contribution in [0.4, 0.5) is 0 Å². The van der Waals surface area contributed by atoms with Crippen LogP contribution in [0.3, 0.4) is 0 Å². The molecule has 0 spiro atoms. The van der Waals surface area contributed by atoms with Crippen LogP contribution in [0.5, 0.6) is 0 Å². The first kappa shape index (κ1) is 19.4. The summed E-state index contributed by atoms with van der Waals surface area (Å²) in [6, 6.07) is 21.0. The van der Waals surface area contributed by atoms with E-state index in [-0.39, 0.29) is 0 Å². The highest BCUT2D eigenvalue weighted by molar-refractivity contribution is 5.18. The summed E-state index contributed by atoms with van der Waals surface area (Å²) in [5, 5.41) is 0. The molecule has 0 N–H and O–H groups in total. The molecule has 2 aromatic carbocycles. The Morgan fingerprint density at radius 1 is 0.571 bits per heavy atom. The lowest BCUT2D eigenvalue weighted by Crippen LogP contribution is -1.83. The second-order valence-electron chi connectivity index (χ2n) is 5.84. The van der Waals surface area contributed by atoms with Gasteiger partial charge in [-0.05, 0) is 23.0 Å². The fourth-order valence-corrected chi connectivity index (χ4v) is 1.68. The monoisotopic (exact) mass is 284 g/mol.